The van der Waals surface area contributed by atoms with Gasteiger partial charge in [0.25, 0.3) is 0 Å². The number of aryl methyl sites for hydroxylation is 1. The third-order valence-electron chi connectivity index (χ3n) is 3.19. The Morgan fingerprint density at radius 1 is 1.35 bits per heavy atom. The minimum absolute atomic E-state index is 0.0353. The molecule has 0 radical (unpaired) electrons. The quantitative estimate of drug-likeness (QED) is 0.762. The summed E-state index contributed by atoms with van der Waals surface area (Å²) >= 11 is 0. The van der Waals surface area contributed by atoms with Crippen LogP contribution in [-0.2, 0) is 16.6 Å². The standard InChI is InChI=1S/C13H18N4O3/c1-15-9-11(8-14-15)2-3-12(18)17-6-4-16(5-7-17)10-13(19)20/h2-3,8-9H,4-7,10H2,1H3,(H,19,20)/b3-2+. The number of carboxylic acids is 1. The first kappa shape index (κ1) is 14.3. The molecule has 1 amide bonds. The van der Waals surface area contributed by atoms with Crippen molar-refractivity contribution in [3.05, 3.63) is 24.0 Å². The molecule has 0 aromatic carbocycles. The molecule has 1 aliphatic rings. The molecule has 1 fully saturated rings. The molecule has 0 aliphatic carbocycles. The van der Waals surface area contributed by atoms with Crippen molar-refractivity contribution >= 4 is 18.0 Å². The fourth-order valence-electron chi connectivity index (χ4n) is 2.12. The third kappa shape index (κ3) is 3.92. The summed E-state index contributed by atoms with van der Waals surface area (Å²) in [6.07, 6.45) is 6.78. The van der Waals surface area contributed by atoms with Gasteiger partial charge in [-0.1, -0.05) is 0 Å². The van der Waals surface area contributed by atoms with E-state index in [0.29, 0.717) is 26.2 Å². The molecule has 20 heavy (non-hydrogen) atoms. The summed E-state index contributed by atoms with van der Waals surface area (Å²) in [5.41, 5.74) is 0.880. The fourth-order valence-corrected chi connectivity index (χ4v) is 2.12. The topological polar surface area (TPSA) is 78.7 Å². The van der Waals surface area contributed by atoms with E-state index in [9.17, 15) is 9.59 Å². The third-order valence-corrected chi connectivity index (χ3v) is 3.19. The number of aliphatic carboxylic acids is 1. The average Bonchev–Trinajstić information content (AvgIpc) is 2.82. The maximum absolute atomic E-state index is 12.0. The van der Waals surface area contributed by atoms with Crippen LogP contribution in [0.5, 0.6) is 0 Å². The number of piperazine rings is 1. The Hall–Kier alpha value is -2.15. The lowest BCUT2D eigenvalue weighted by Gasteiger charge is -2.33. The van der Waals surface area contributed by atoms with Crippen LogP contribution in [0.3, 0.4) is 0 Å². The maximum atomic E-state index is 12.0. The first-order valence-electron chi connectivity index (χ1n) is 6.44. The highest BCUT2D eigenvalue weighted by atomic mass is 16.4. The second kappa shape index (κ2) is 6.33. The Labute approximate surface area is 117 Å². The number of hydrogen-bond donors (Lipinski definition) is 1. The molecule has 0 spiro atoms. The molecular weight excluding hydrogens is 260 g/mol. The van der Waals surface area contributed by atoms with Crippen molar-refractivity contribution in [2.24, 2.45) is 7.05 Å². The predicted molar refractivity (Wildman–Crippen MR) is 72.9 cm³/mol. The van der Waals surface area contributed by atoms with Crippen molar-refractivity contribution in [2.45, 2.75) is 0 Å². The molecule has 2 heterocycles. The molecule has 7 heteroatoms. The van der Waals surface area contributed by atoms with Crippen molar-refractivity contribution in [1.82, 2.24) is 19.6 Å². The Bertz CT molecular complexity index is 515. The lowest BCUT2D eigenvalue weighted by molar-refractivity contribution is -0.139. The first-order valence-corrected chi connectivity index (χ1v) is 6.44. The van der Waals surface area contributed by atoms with Gasteiger partial charge in [0.15, 0.2) is 0 Å². The number of nitrogens with zero attached hydrogens (tertiary/aromatic N) is 4. The number of carbonyl (C=O) groups is 2. The lowest BCUT2D eigenvalue weighted by atomic mass is 10.2. The van der Waals surface area contributed by atoms with Crippen molar-refractivity contribution in [3.63, 3.8) is 0 Å². The van der Waals surface area contributed by atoms with E-state index in [4.69, 9.17) is 5.11 Å². The number of carbonyl (C=O) groups excluding carboxylic acids is 1. The molecule has 1 aromatic rings. The smallest absolute Gasteiger partial charge is 0.317 e. The summed E-state index contributed by atoms with van der Waals surface area (Å²) in [4.78, 5) is 26.1. The summed E-state index contributed by atoms with van der Waals surface area (Å²) in [5, 5.41) is 12.7. The highest BCUT2D eigenvalue weighted by Crippen LogP contribution is 2.05. The van der Waals surface area contributed by atoms with Crippen molar-refractivity contribution < 1.29 is 14.7 Å². The second-order valence-electron chi connectivity index (χ2n) is 4.78. The van der Waals surface area contributed by atoms with E-state index in [1.807, 2.05) is 18.1 Å². The van der Waals surface area contributed by atoms with Gasteiger partial charge in [-0.25, -0.2) is 0 Å². The van der Waals surface area contributed by atoms with Gasteiger partial charge in [-0.15, -0.1) is 0 Å². The zero-order valence-electron chi connectivity index (χ0n) is 11.4. The molecule has 108 valence electrons. The molecule has 1 aromatic heterocycles. The SMILES string of the molecule is Cn1cc(/C=C/C(=O)N2CCN(CC(=O)O)CC2)cn1. The van der Waals surface area contributed by atoms with Crippen LogP contribution in [0.2, 0.25) is 0 Å². The van der Waals surface area contributed by atoms with E-state index in [1.54, 1.807) is 21.9 Å². The van der Waals surface area contributed by atoms with Crippen LogP contribution in [0.15, 0.2) is 18.5 Å². The number of aromatic nitrogens is 2. The monoisotopic (exact) mass is 278 g/mol. The Balaban J connectivity index is 1.82. The lowest BCUT2D eigenvalue weighted by Crippen LogP contribution is -2.49. The highest BCUT2D eigenvalue weighted by molar-refractivity contribution is 5.91. The van der Waals surface area contributed by atoms with Gasteiger partial charge < -0.3 is 10.0 Å². The highest BCUT2D eigenvalue weighted by Gasteiger charge is 2.20. The summed E-state index contributed by atoms with van der Waals surface area (Å²) in [5.74, 6) is -0.884. The minimum atomic E-state index is -0.832. The van der Waals surface area contributed by atoms with Crippen molar-refractivity contribution in [1.29, 1.82) is 0 Å². The molecule has 7 nitrogen and oxygen atoms in total. The van der Waals surface area contributed by atoms with Gasteiger partial charge in [0.2, 0.25) is 5.91 Å². The summed E-state index contributed by atoms with van der Waals surface area (Å²) in [7, 11) is 1.82. The maximum Gasteiger partial charge on any atom is 0.317 e. The molecule has 0 saturated carbocycles. The Kier molecular flexibility index (Phi) is 4.52. The van der Waals surface area contributed by atoms with Gasteiger partial charge in [-0.3, -0.25) is 19.2 Å². The number of carboxylic acid groups (broad SMARTS) is 1. The second-order valence-corrected chi connectivity index (χ2v) is 4.78. The van der Waals surface area contributed by atoms with E-state index in [-0.39, 0.29) is 12.5 Å². The zero-order chi connectivity index (χ0) is 14.5. The van der Waals surface area contributed by atoms with Crippen LogP contribution < -0.4 is 0 Å². The fraction of sp³-hybridized carbons (Fsp3) is 0.462. The number of rotatable bonds is 4. The van der Waals surface area contributed by atoms with Crippen molar-refractivity contribution in [3.8, 4) is 0 Å². The summed E-state index contributed by atoms with van der Waals surface area (Å²) in [6, 6.07) is 0. The van der Waals surface area contributed by atoms with Crippen molar-refractivity contribution in [2.75, 3.05) is 32.7 Å². The van der Waals surface area contributed by atoms with Crippen LogP contribution >= 0.6 is 0 Å². The van der Waals surface area contributed by atoms with Gasteiger partial charge in [-0.05, 0) is 6.08 Å². The van der Waals surface area contributed by atoms with Crippen LogP contribution in [-0.4, -0.2) is 69.3 Å². The summed E-state index contributed by atoms with van der Waals surface area (Å²) < 4.78 is 1.68. The van der Waals surface area contributed by atoms with Crippen LogP contribution in [0.25, 0.3) is 6.08 Å². The van der Waals surface area contributed by atoms with E-state index in [2.05, 4.69) is 5.10 Å². The molecule has 2 rings (SSSR count). The van der Waals surface area contributed by atoms with Crippen LogP contribution in [0.1, 0.15) is 5.56 Å². The van der Waals surface area contributed by atoms with Gasteiger partial charge in [0, 0.05) is 51.1 Å². The largest absolute Gasteiger partial charge is 0.480 e. The Morgan fingerprint density at radius 2 is 2.05 bits per heavy atom. The predicted octanol–water partition coefficient (Wildman–Crippen LogP) is -0.338. The average molecular weight is 278 g/mol. The first-order chi connectivity index (χ1) is 9.54. The van der Waals surface area contributed by atoms with Gasteiger partial charge in [0.1, 0.15) is 0 Å². The normalized spacial score (nSPS) is 16.8. The van der Waals surface area contributed by atoms with E-state index in [1.165, 1.54) is 6.08 Å². The molecule has 1 N–H and O–H groups in total. The molecule has 1 aliphatic heterocycles. The minimum Gasteiger partial charge on any atom is -0.480 e. The van der Waals surface area contributed by atoms with E-state index < -0.39 is 5.97 Å². The summed E-state index contributed by atoms with van der Waals surface area (Å²) in [6.45, 7) is 2.35. The van der Waals surface area contributed by atoms with Gasteiger partial charge in [-0.2, -0.15) is 5.10 Å². The van der Waals surface area contributed by atoms with E-state index in [0.717, 1.165) is 5.56 Å². The van der Waals surface area contributed by atoms with Crippen LogP contribution in [0, 0.1) is 0 Å². The molecule has 0 bridgehead atoms. The number of hydrogen-bond acceptors (Lipinski definition) is 4. The molecule has 0 atom stereocenters. The zero-order valence-corrected chi connectivity index (χ0v) is 11.4. The van der Waals surface area contributed by atoms with E-state index >= 15 is 0 Å². The molecular formula is C13H18N4O3. The molecule has 0 unspecified atom stereocenters. The number of amides is 1. The van der Waals surface area contributed by atoms with Gasteiger partial charge >= 0.3 is 5.97 Å². The molecule has 1 saturated heterocycles. The van der Waals surface area contributed by atoms with Crippen LogP contribution in [0.4, 0.5) is 0 Å². The Morgan fingerprint density at radius 3 is 2.60 bits per heavy atom. The van der Waals surface area contributed by atoms with Gasteiger partial charge in [0.05, 0.1) is 12.7 Å².